The van der Waals surface area contributed by atoms with Crippen molar-refractivity contribution in [3.63, 3.8) is 0 Å². The summed E-state index contributed by atoms with van der Waals surface area (Å²) in [5, 5.41) is 1.30. The molecule has 1 fully saturated rings. The highest BCUT2D eigenvalue weighted by Gasteiger charge is 2.34. The van der Waals surface area contributed by atoms with Gasteiger partial charge >= 0.3 is 0 Å². The lowest BCUT2D eigenvalue weighted by Crippen LogP contribution is -2.41. The number of hydrogen-bond donors (Lipinski definition) is 0. The largest absolute Gasteiger partial charge is 0.300 e. The maximum atomic E-state index is 6.25. The summed E-state index contributed by atoms with van der Waals surface area (Å²) >= 11 is 12.3. The van der Waals surface area contributed by atoms with Crippen LogP contribution in [0.2, 0.25) is 10.0 Å². The number of nitrogens with zero attached hydrogens (tertiary/aromatic N) is 1. The molecule has 2 aromatic carbocycles. The number of likely N-dealkylation sites (tertiary alicyclic amines) is 1. The SMILES string of the molecule is Clc1ccc(CC2c3ccccc3CCC2N2CCCC2)cc1Cl. The molecule has 2 aromatic rings. The lowest BCUT2D eigenvalue weighted by atomic mass is 9.75. The Hall–Kier alpha value is -1.02. The van der Waals surface area contributed by atoms with Gasteiger partial charge in [-0.2, -0.15) is 0 Å². The number of benzene rings is 2. The molecule has 24 heavy (non-hydrogen) atoms. The van der Waals surface area contributed by atoms with E-state index in [0.29, 0.717) is 22.0 Å². The number of hydrogen-bond acceptors (Lipinski definition) is 1. The monoisotopic (exact) mass is 359 g/mol. The van der Waals surface area contributed by atoms with Crippen LogP contribution in [0.15, 0.2) is 42.5 Å². The van der Waals surface area contributed by atoms with Gasteiger partial charge in [0.05, 0.1) is 10.0 Å². The Balaban J connectivity index is 1.67. The van der Waals surface area contributed by atoms with E-state index in [-0.39, 0.29) is 0 Å². The van der Waals surface area contributed by atoms with Crippen molar-refractivity contribution in [2.75, 3.05) is 13.1 Å². The molecular formula is C21H23Cl2N. The maximum Gasteiger partial charge on any atom is 0.0595 e. The molecule has 0 aromatic heterocycles. The summed E-state index contributed by atoms with van der Waals surface area (Å²) in [7, 11) is 0. The molecule has 1 saturated heterocycles. The standard InChI is InChI=1S/C21H23Cl2N/c22-19-9-7-15(14-20(19)23)13-18-17-6-2-1-5-16(17)8-10-21(18)24-11-3-4-12-24/h1-2,5-7,9,14,18,21H,3-4,8,10-13H2. The van der Waals surface area contributed by atoms with Gasteiger partial charge in [0.15, 0.2) is 0 Å². The molecule has 3 heteroatoms. The van der Waals surface area contributed by atoms with Gasteiger partial charge in [-0.05, 0) is 74.0 Å². The molecule has 2 atom stereocenters. The normalized spacial score (nSPS) is 24.1. The first-order chi connectivity index (χ1) is 11.7. The van der Waals surface area contributed by atoms with Gasteiger partial charge in [0.2, 0.25) is 0 Å². The predicted octanol–water partition coefficient (Wildman–Crippen LogP) is 5.73. The molecule has 1 aliphatic carbocycles. The Labute approximate surface area is 154 Å². The highest BCUT2D eigenvalue weighted by atomic mass is 35.5. The first kappa shape index (κ1) is 16.4. The summed E-state index contributed by atoms with van der Waals surface area (Å²) in [6.07, 6.45) is 6.20. The van der Waals surface area contributed by atoms with E-state index in [2.05, 4.69) is 35.2 Å². The molecular weight excluding hydrogens is 337 g/mol. The molecule has 0 saturated carbocycles. The zero-order chi connectivity index (χ0) is 16.5. The second-order valence-corrected chi connectivity index (χ2v) is 7.92. The minimum absolute atomic E-state index is 0.547. The van der Waals surface area contributed by atoms with Crippen molar-refractivity contribution in [2.24, 2.45) is 0 Å². The third kappa shape index (κ3) is 3.22. The molecule has 2 aliphatic rings. The van der Waals surface area contributed by atoms with Gasteiger partial charge in [-0.15, -0.1) is 0 Å². The first-order valence-corrected chi connectivity index (χ1v) is 9.74. The third-order valence-corrected chi connectivity index (χ3v) is 6.42. The van der Waals surface area contributed by atoms with Crippen LogP contribution in [-0.2, 0) is 12.8 Å². The van der Waals surface area contributed by atoms with Crippen LogP contribution in [0.3, 0.4) is 0 Å². The van der Waals surface area contributed by atoms with Crippen LogP contribution in [0.1, 0.15) is 41.9 Å². The van der Waals surface area contributed by atoms with Crippen molar-refractivity contribution in [1.29, 1.82) is 0 Å². The minimum Gasteiger partial charge on any atom is -0.300 e. The summed E-state index contributed by atoms with van der Waals surface area (Å²) in [5.41, 5.74) is 4.35. The van der Waals surface area contributed by atoms with E-state index < -0.39 is 0 Å². The van der Waals surface area contributed by atoms with E-state index in [1.54, 1.807) is 0 Å². The van der Waals surface area contributed by atoms with E-state index in [0.717, 1.165) is 6.42 Å². The van der Waals surface area contributed by atoms with Crippen molar-refractivity contribution in [3.8, 4) is 0 Å². The molecule has 4 rings (SSSR count). The molecule has 1 aliphatic heterocycles. The van der Waals surface area contributed by atoms with Crippen molar-refractivity contribution < 1.29 is 0 Å². The highest BCUT2D eigenvalue weighted by molar-refractivity contribution is 6.42. The fourth-order valence-electron chi connectivity index (χ4n) is 4.51. The van der Waals surface area contributed by atoms with Crippen LogP contribution in [-0.4, -0.2) is 24.0 Å². The summed E-state index contributed by atoms with van der Waals surface area (Å²) in [4.78, 5) is 2.72. The maximum absolute atomic E-state index is 6.25. The van der Waals surface area contributed by atoms with Gasteiger partial charge in [-0.1, -0.05) is 53.5 Å². The second kappa shape index (κ2) is 7.07. The van der Waals surface area contributed by atoms with Gasteiger partial charge < -0.3 is 0 Å². The van der Waals surface area contributed by atoms with Crippen molar-refractivity contribution in [3.05, 3.63) is 69.2 Å². The van der Waals surface area contributed by atoms with Crippen LogP contribution < -0.4 is 0 Å². The summed E-state index contributed by atoms with van der Waals surface area (Å²) in [6, 6.07) is 15.7. The second-order valence-electron chi connectivity index (χ2n) is 7.11. The zero-order valence-electron chi connectivity index (χ0n) is 13.8. The fraction of sp³-hybridized carbons (Fsp3) is 0.429. The fourth-order valence-corrected chi connectivity index (χ4v) is 4.83. The van der Waals surface area contributed by atoms with Crippen molar-refractivity contribution in [1.82, 2.24) is 4.90 Å². The van der Waals surface area contributed by atoms with E-state index in [4.69, 9.17) is 23.2 Å². The zero-order valence-corrected chi connectivity index (χ0v) is 15.4. The van der Waals surface area contributed by atoms with Gasteiger partial charge in [0.1, 0.15) is 0 Å². The summed E-state index contributed by atoms with van der Waals surface area (Å²) in [5.74, 6) is 0.547. The molecule has 126 valence electrons. The van der Waals surface area contributed by atoms with Crippen molar-refractivity contribution >= 4 is 23.2 Å². The number of aryl methyl sites for hydroxylation is 1. The van der Waals surface area contributed by atoms with E-state index in [9.17, 15) is 0 Å². The number of halogens is 2. The lowest BCUT2D eigenvalue weighted by molar-refractivity contribution is 0.188. The topological polar surface area (TPSA) is 3.24 Å². The summed E-state index contributed by atoms with van der Waals surface area (Å²) < 4.78 is 0. The van der Waals surface area contributed by atoms with Crippen molar-refractivity contribution in [2.45, 2.75) is 44.1 Å². The quantitative estimate of drug-likeness (QED) is 0.676. The van der Waals surface area contributed by atoms with Gasteiger partial charge in [-0.25, -0.2) is 0 Å². The van der Waals surface area contributed by atoms with Gasteiger partial charge in [0, 0.05) is 12.0 Å². The van der Waals surface area contributed by atoms with Crippen LogP contribution in [0, 0.1) is 0 Å². The van der Waals surface area contributed by atoms with Crippen LogP contribution >= 0.6 is 23.2 Å². The lowest BCUT2D eigenvalue weighted by Gasteiger charge is -2.39. The minimum atomic E-state index is 0.547. The Morgan fingerprint density at radius 1 is 0.958 bits per heavy atom. The Bertz CT molecular complexity index is 722. The van der Waals surface area contributed by atoms with Crippen LogP contribution in [0.4, 0.5) is 0 Å². The summed E-state index contributed by atoms with van der Waals surface area (Å²) in [6.45, 7) is 2.51. The van der Waals surface area contributed by atoms with E-state index in [1.807, 2.05) is 12.1 Å². The Kier molecular flexibility index (Phi) is 4.85. The molecule has 1 heterocycles. The van der Waals surface area contributed by atoms with E-state index in [1.165, 1.54) is 55.5 Å². The smallest absolute Gasteiger partial charge is 0.0595 e. The predicted molar refractivity (Wildman–Crippen MR) is 102 cm³/mol. The molecule has 0 N–H and O–H groups in total. The Morgan fingerprint density at radius 3 is 2.54 bits per heavy atom. The highest BCUT2D eigenvalue weighted by Crippen LogP contribution is 2.38. The first-order valence-electron chi connectivity index (χ1n) is 8.98. The number of rotatable bonds is 3. The van der Waals surface area contributed by atoms with E-state index >= 15 is 0 Å². The van der Waals surface area contributed by atoms with Gasteiger partial charge in [-0.3, -0.25) is 4.90 Å². The van der Waals surface area contributed by atoms with Crippen LogP contribution in [0.5, 0.6) is 0 Å². The molecule has 0 spiro atoms. The molecule has 0 bridgehead atoms. The van der Waals surface area contributed by atoms with Gasteiger partial charge in [0.25, 0.3) is 0 Å². The Morgan fingerprint density at radius 2 is 1.75 bits per heavy atom. The molecule has 1 nitrogen and oxygen atoms in total. The average molecular weight is 360 g/mol. The average Bonchev–Trinajstić information content (AvgIpc) is 3.13. The van der Waals surface area contributed by atoms with Crippen LogP contribution in [0.25, 0.3) is 0 Å². The molecule has 2 unspecified atom stereocenters. The molecule has 0 amide bonds. The third-order valence-electron chi connectivity index (χ3n) is 5.68. The molecule has 0 radical (unpaired) electrons. The number of fused-ring (bicyclic) bond motifs is 1.